The third kappa shape index (κ3) is 4.97. The summed E-state index contributed by atoms with van der Waals surface area (Å²) in [5.41, 5.74) is 1.67. The minimum absolute atomic E-state index is 0.0639. The fourth-order valence-electron chi connectivity index (χ4n) is 3.51. The monoisotopic (exact) mass is 416 g/mol. The van der Waals surface area contributed by atoms with Crippen molar-refractivity contribution in [2.75, 3.05) is 17.8 Å². The van der Waals surface area contributed by atoms with Gasteiger partial charge in [-0.05, 0) is 49.6 Å². The van der Waals surface area contributed by atoms with Crippen molar-refractivity contribution in [1.29, 1.82) is 0 Å². The quantitative estimate of drug-likeness (QED) is 0.803. The van der Waals surface area contributed by atoms with Gasteiger partial charge in [-0.1, -0.05) is 38.1 Å². The van der Waals surface area contributed by atoms with Crippen molar-refractivity contribution in [3.63, 3.8) is 0 Å². The fraction of sp³-hybridized carbons (Fsp3) is 0.409. The van der Waals surface area contributed by atoms with Gasteiger partial charge in [-0.15, -0.1) is 0 Å². The molecule has 29 heavy (non-hydrogen) atoms. The van der Waals surface area contributed by atoms with E-state index in [1.807, 2.05) is 26.0 Å². The molecule has 0 spiro atoms. The number of para-hydroxylation sites is 1. The summed E-state index contributed by atoms with van der Waals surface area (Å²) in [5, 5.41) is 0. The Kier molecular flexibility index (Phi) is 6.29. The Morgan fingerprint density at radius 2 is 1.62 bits per heavy atom. The van der Waals surface area contributed by atoms with Crippen molar-refractivity contribution in [3.8, 4) is 0 Å². The van der Waals surface area contributed by atoms with Crippen LogP contribution >= 0.6 is 0 Å². The normalized spacial score (nSPS) is 20.0. The van der Waals surface area contributed by atoms with Crippen LogP contribution < -0.4 is 4.72 Å². The Morgan fingerprint density at radius 1 is 1.03 bits per heavy atom. The molecule has 1 amide bonds. The fourth-order valence-corrected chi connectivity index (χ4v) is 4.59. The summed E-state index contributed by atoms with van der Waals surface area (Å²) in [7, 11) is -3.81. The highest BCUT2D eigenvalue weighted by Gasteiger charge is 2.28. The average molecular weight is 417 g/mol. The highest BCUT2D eigenvalue weighted by atomic mass is 32.2. The summed E-state index contributed by atoms with van der Waals surface area (Å²) in [6.45, 7) is 8.90. The number of nitrogens with zero attached hydrogens (tertiary/aromatic N) is 1. The second kappa shape index (κ2) is 8.55. The van der Waals surface area contributed by atoms with E-state index in [2.05, 4.69) is 18.6 Å². The number of nitrogens with one attached hydrogen (secondary N) is 1. The second-order valence-electron chi connectivity index (χ2n) is 7.84. The van der Waals surface area contributed by atoms with Gasteiger partial charge in [0.25, 0.3) is 15.9 Å². The smallest absolute Gasteiger partial charge is 0.261 e. The maximum Gasteiger partial charge on any atom is 0.261 e. The first-order chi connectivity index (χ1) is 13.7. The zero-order valence-electron chi connectivity index (χ0n) is 17.3. The van der Waals surface area contributed by atoms with Crippen molar-refractivity contribution >= 4 is 21.6 Å². The molecule has 1 heterocycles. The Morgan fingerprint density at radius 3 is 2.21 bits per heavy atom. The van der Waals surface area contributed by atoms with Crippen LogP contribution in [-0.4, -0.2) is 44.5 Å². The third-order valence-corrected chi connectivity index (χ3v) is 6.35. The topological polar surface area (TPSA) is 75.7 Å². The first-order valence-electron chi connectivity index (χ1n) is 9.84. The van der Waals surface area contributed by atoms with E-state index in [0.717, 1.165) is 5.56 Å². The van der Waals surface area contributed by atoms with Gasteiger partial charge in [0.05, 0.1) is 28.4 Å². The summed E-state index contributed by atoms with van der Waals surface area (Å²) in [6, 6.07) is 13.5. The van der Waals surface area contributed by atoms with Crippen LogP contribution in [-0.2, 0) is 14.8 Å². The van der Waals surface area contributed by atoms with Crippen LogP contribution in [0.2, 0.25) is 0 Å². The van der Waals surface area contributed by atoms with E-state index in [0.29, 0.717) is 24.6 Å². The van der Waals surface area contributed by atoms with Crippen LogP contribution in [0.3, 0.4) is 0 Å². The van der Waals surface area contributed by atoms with Crippen LogP contribution in [0.25, 0.3) is 0 Å². The molecule has 0 aromatic heterocycles. The molecule has 0 saturated carbocycles. The molecule has 0 radical (unpaired) electrons. The van der Waals surface area contributed by atoms with E-state index in [4.69, 9.17) is 4.74 Å². The Balaban J connectivity index is 1.85. The van der Waals surface area contributed by atoms with Crippen LogP contribution in [0.1, 0.15) is 49.5 Å². The average Bonchev–Trinajstić information content (AvgIpc) is 2.67. The molecule has 1 aliphatic heterocycles. The summed E-state index contributed by atoms with van der Waals surface area (Å²) in [6.07, 6.45) is -0.128. The largest absolute Gasteiger partial charge is 0.372 e. The van der Waals surface area contributed by atoms with Gasteiger partial charge in [-0.2, -0.15) is 0 Å². The van der Waals surface area contributed by atoms with Crippen LogP contribution in [0.15, 0.2) is 53.4 Å². The van der Waals surface area contributed by atoms with Crippen molar-refractivity contribution < 1.29 is 17.9 Å². The van der Waals surface area contributed by atoms with Gasteiger partial charge < -0.3 is 9.64 Å². The number of benzene rings is 2. The number of ether oxygens (including phenoxy) is 1. The molecule has 156 valence electrons. The van der Waals surface area contributed by atoms with E-state index in [1.165, 1.54) is 0 Å². The highest BCUT2D eigenvalue weighted by molar-refractivity contribution is 7.92. The number of carbonyl (C=O) groups excluding carboxylic acids is 1. The van der Waals surface area contributed by atoms with Crippen molar-refractivity contribution in [3.05, 3.63) is 59.7 Å². The number of hydrogen-bond donors (Lipinski definition) is 1. The lowest BCUT2D eigenvalue weighted by Gasteiger charge is -2.35. The number of rotatable bonds is 5. The number of carbonyl (C=O) groups is 1. The van der Waals surface area contributed by atoms with Gasteiger partial charge in [0, 0.05) is 13.1 Å². The summed E-state index contributed by atoms with van der Waals surface area (Å²) >= 11 is 0. The Labute approximate surface area is 172 Å². The number of hydrogen-bond acceptors (Lipinski definition) is 4. The molecule has 2 unspecified atom stereocenters. The Hall–Kier alpha value is -2.38. The molecule has 3 rings (SSSR count). The van der Waals surface area contributed by atoms with Gasteiger partial charge in [0.1, 0.15) is 0 Å². The van der Waals surface area contributed by atoms with E-state index in [1.54, 1.807) is 41.3 Å². The highest BCUT2D eigenvalue weighted by Crippen LogP contribution is 2.24. The molecule has 7 heteroatoms. The minimum atomic E-state index is -3.81. The molecule has 2 aromatic carbocycles. The van der Waals surface area contributed by atoms with E-state index in [-0.39, 0.29) is 28.7 Å². The predicted octanol–water partition coefficient (Wildman–Crippen LogP) is 3.86. The molecule has 6 nitrogen and oxygen atoms in total. The molecular weight excluding hydrogens is 388 g/mol. The predicted molar refractivity (Wildman–Crippen MR) is 114 cm³/mol. The molecule has 2 atom stereocenters. The molecular formula is C22H28N2O4S. The Bertz CT molecular complexity index is 961. The molecule has 0 bridgehead atoms. The zero-order valence-corrected chi connectivity index (χ0v) is 18.1. The molecule has 1 saturated heterocycles. The van der Waals surface area contributed by atoms with Crippen molar-refractivity contribution in [2.45, 2.75) is 50.7 Å². The van der Waals surface area contributed by atoms with Gasteiger partial charge in [0.2, 0.25) is 0 Å². The van der Waals surface area contributed by atoms with Crippen LogP contribution in [0.5, 0.6) is 0 Å². The third-order valence-electron chi connectivity index (χ3n) is 4.97. The lowest BCUT2D eigenvalue weighted by Crippen LogP contribution is -2.48. The van der Waals surface area contributed by atoms with E-state index >= 15 is 0 Å². The molecule has 0 aliphatic carbocycles. The maximum absolute atomic E-state index is 13.1. The van der Waals surface area contributed by atoms with Gasteiger partial charge >= 0.3 is 0 Å². The number of sulfonamides is 1. The number of morpholine rings is 1. The van der Waals surface area contributed by atoms with Crippen LogP contribution in [0.4, 0.5) is 5.69 Å². The summed E-state index contributed by atoms with van der Waals surface area (Å²) in [4.78, 5) is 15.0. The summed E-state index contributed by atoms with van der Waals surface area (Å²) in [5.74, 6) is 0.108. The number of anilines is 1. The molecule has 2 aromatic rings. The maximum atomic E-state index is 13.1. The SMILES string of the molecule is CC1CN(C(=O)c2ccccc2NS(=O)(=O)c2ccc(C(C)C)cc2)CC(C)O1. The lowest BCUT2D eigenvalue weighted by molar-refractivity contribution is -0.0585. The standard InChI is InChI=1S/C22H28N2O4S/c1-15(2)18-9-11-19(12-10-18)29(26,27)23-21-8-6-5-7-20(21)22(25)24-13-16(3)28-17(4)14-24/h5-12,15-17,23H,13-14H2,1-4H3. The molecule has 1 N–H and O–H groups in total. The van der Waals surface area contributed by atoms with Gasteiger partial charge in [0.15, 0.2) is 0 Å². The molecule has 1 aliphatic rings. The van der Waals surface area contributed by atoms with Crippen molar-refractivity contribution in [2.24, 2.45) is 0 Å². The molecule has 1 fully saturated rings. The zero-order chi connectivity index (χ0) is 21.2. The summed E-state index contributed by atoms with van der Waals surface area (Å²) < 4.78 is 34.0. The van der Waals surface area contributed by atoms with Crippen molar-refractivity contribution in [1.82, 2.24) is 4.90 Å². The first-order valence-corrected chi connectivity index (χ1v) is 11.3. The van der Waals surface area contributed by atoms with Crippen LogP contribution in [0, 0.1) is 0 Å². The second-order valence-corrected chi connectivity index (χ2v) is 9.52. The minimum Gasteiger partial charge on any atom is -0.372 e. The van der Waals surface area contributed by atoms with E-state index < -0.39 is 10.0 Å². The lowest BCUT2D eigenvalue weighted by atomic mass is 10.0. The van der Waals surface area contributed by atoms with E-state index in [9.17, 15) is 13.2 Å². The van der Waals surface area contributed by atoms with Gasteiger partial charge in [-0.25, -0.2) is 8.42 Å². The first kappa shape index (κ1) is 21.3. The van der Waals surface area contributed by atoms with Gasteiger partial charge in [-0.3, -0.25) is 9.52 Å². The number of amides is 1.